The molecule has 0 aliphatic carbocycles. The molecule has 3 rings (SSSR count). The number of benzene rings is 2. The molecule has 0 aliphatic heterocycles. The Morgan fingerprint density at radius 2 is 1.87 bits per heavy atom. The van der Waals surface area contributed by atoms with Gasteiger partial charge in [-0.1, -0.05) is 30.4 Å². The van der Waals surface area contributed by atoms with Crippen molar-refractivity contribution in [2.24, 2.45) is 4.99 Å². The van der Waals surface area contributed by atoms with Crippen LogP contribution in [0.3, 0.4) is 0 Å². The number of carbonyl (C=O) groups excluding carboxylic acids is 1. The normalized spacial score (nSPS) is 12.9. The number of thiazole rings is 1. The van der Waals surface area contributed by atoms with Crippen LogP contribution in [0.1, 0.15) is 17.3 Å². The van der Waals surface area contributed by atoms with E-state index in [1.54, 1.807) is 22.8 Å². The van der Waals surface area contributed by atoms with E-state index in [0.717, 1.165) is 11.8 Å². The molecular formula is C20H20N2O5S3. The molecule has 0 saturated heterocycles. The third kappa shape index (κ3) is 4.45. The Morgan fingerprint density at radius 1 is 1.13 bits per heavy atom. The second-order valence-corrected chi connectivity index (χ2v) is 11.8. The van der Waals surface area contributed by atoms with Crippen LogP contribution in [0, 0.1) is 0 Å². The Morgan fingerprint density at radius 3 is 2.50 bits per heavy atom. The fourth-order valence-corrected chi connectivity index (χ4v) is 5.54. The summed E-state index contributed by atoms with van der Waals surface area (Å²) >= 11 is 1.18. The van der Waals surface area contributed by atoms with Crippen LogP contribution < -0.4 is 4.80 Å². The molecule has 0 saturated carbocycles. The van der Waals surface area contributed by atoms with Crippen LogP contribution in [0.5, 0.6) is 0 Å². The van der Waals surface area contributed by atoms with Crippen molar-refractivity contribution in [2.75, 3.05) is 12.0 Å². The number of carbonyl (C=O) groups is 1. The molecule has 3 aromatic rings. The van der Waals surface area contributed by atoms with E-state index in [1.165, 1.54) is 48.6 Å². The average molecular weight is 465 g/mol. The van der Waals surface area contributed by atoms with Crippen molar-refractivity contribution in [3.8, 4) is 0 Å². The Kier molecular flexibility index (Phi) is 6.11. The first-order valence-electron chi connectivity index (χ1n) is 8.93. The smallest absolute Gasteiger partial charge is 0.279 e. The molecule has 7 nitrogen and oxygen atoms in total. The summed E-state index contributed by atoms with van der Waals surface area (Å²) in [5.41, 5.74) is 0.880. The number of sulfone groups is 2. The molecule has 0 N–H and O–H groups in total. The van der Waals surface area contributed by atoms with Gasteiger partial charge in [-0.25, -0.2) is 16.8 Å². The number of allylic oxidation sites excluding steroid dienone is 1. The van der Waals surface area contributed by atoms with Crippen LogP contribution in [-0.2, 0) is 26.2 Å². The van der Waals surface area contributed by atoms with Crippen molar-refractivity contribution in [2.45, 2.75) is 23.3 Å². The molecule has 0 bridgehead atoms. The Labute approximate surface area is 178 Å². The number of fused-ring (bicyclic) bond motifs is 1. The highest BCUT2D eigenvalue weighted by molar-refractivity contribution is 7.91. The van der Waals surface area contributed by atoms with E-state index in [0.29, 0.717) is 16.0 Å². The van der Waals surface area contributed by atoms with Crippen molar-refractivity contribution >= 4 is 47.1 Å². The van der Waals surface area contributed by atoms with Gasteiger partial charge < -0.3 is 4.57 Å². The standard InChI is InChI=1S/C20H20N2O5S3/c1-4-11-22-17-10-9-15(29(3,24)25)13-18(17)28-20(22)21-19(23)14-7-6-8-16(12-14)30(26,27)5-2/h4,6-10,12-13H,1,5,11H2,2-3H3. The molecule has 30 heavy (non-hydrogen) atoms. The summed E-state index contributed by atoms with van der Waals surface area (Å²) in [6.45, 7) is 5.63. The fourth-order valence-electron chi connectivity index (χ4n) is 2.82. The molecular weight excluding hydrogens is 444 g/mol. The summed E-state index contributed by atoms with van der Waals surface area (Å²) in [4.78, 5) is 17.5. The van der Waals surface area contributed by atoms with Crippen molar-refractivity contribution in [1.29, 1.82) is 0 Å². The number of hydrogen-bond acceptors (Lipinski definition) is 6. The molecule has 0 fully saturated rings. The van der Waals surface area contributed by atoms with E-state index in [1.807, 2.05) is 0 Å². The van der Waals surface area contributed by atoms with Crippen molar-refractivity contribution < 1.29 is 21.6 Å². The van der Waals surface area contributed by atoms with Crippen molar-refractivity contribution in [3.05, 3.63) is 65.5 Å². The summed E-state index contributed by atoms with van der Waals surface area (Å²) in [6.07, 6.45) is 2.78. The van der Waals surface area contributed by atoms with Crippen LogP contribution in [0.25, 0.3) is 10.2 Å². The zero-order valence-corrected chi connectivity index (χ0v) is 18.9. The molecule has 1 amide bonds. The first-order chi connectivity index (χ1) is 14.1. The maximum atomic E-state index is 12.8. The molecule has 1 aromatic heterocycles. The van der Waals surface area contributed by atoms with E-state index in [-0.39, 0.29) is 21.1 Å². The van der Waals surface area contributed by atoms with Gasteiger partial charge in [0.05, 0.1) is 25.8 Å². The number of aromatic nitrogens is 1. The second-order valence-electron chi connectivity index (χ2n) is 6.53. The molecule has 1 heterocycles. The summed E-state index contributed by atoms with van der Waals surface area (Å²) in [7, 11) is -6.82. The van der Waals surface area contributed by atoms with Crippen LogP contribution in [-0.4, -0.2) is 39.3 Å². The van der Waals surface area contributed by atoms with E-state index in [4.69, 9.17) is 0 Å². The minimum Gasteiger partial charge on any atom is -0.312 e. The van der Waals surface area contributed by atoms with Gasteiger partial charge in [0.2, 0.25) is 0 Å². The highest BCUT2D eigenvalue weighted by atomic mass is 32.2. The lowest BCUT2D eigenvalue weighted by Gasteiger charge is -2.03. The van der Waals surface area contributed by atoms with E-state index in [2.05, 4.69) is 11.6 Å². The predicted molar refractivity (Wildman–Crippen MR) is 117 cm³/mol. The zero-order valence-electron chi connectivity index (χ0n) is 16.4. The van der Waals surface area contributed by atoms with E-state index >= 15 is 0 Å². The fraction of sp³-hybridized carbons (Fsp3) is 0.200. The number of hydrogen-bond donors (Lipinski definition) is 0. The minimum atomic E-state index is -3.45. The van der Waals surface area contributed by atoms with Gasteiger partial charge in [0.25, 0.3) is 5.91 Å². The molecule has 0 radical (unpaired) electrons. The maximum absolute atomic E-state index is 12.8. The van der Waals surface area contributed by atoms with Gasteiger partial charge in [0.1, 0.15) is 0 Å². The SMILES string of the molecule is C=CCn1c(=NC(=O)c2cccc(S(=O)(=O)CC)c2)sc2cc(S(C)(=O)=O)ccc21. The third-order valence-electron chi connectivity index (χ3n) is 4.41. The summed E-state index contributed by atoms with van der Waals surface area (Å²) in [5.74, 6) is -0.657. The third-order valence-corrected chi connectivity index (χ3v) is 8.30. The lowest BCUT2D eigenvalue weighted by atomic mass is 10.2. The lowest BCUT2D eigenvalue weighted by Crippen LogP contribution is -2.16. The van der Waals surface area contributed by atoms with Crippen LogP contribution in [0.4, 0.5) is 0 Å². The van der Waals surface area contributed by atoms with Crippen molar-refractivity contribution in [1.82, 2.24) is 4.57 Å². The lowest BCUT2D eigenvalue weighted by molar-refractivity contribution is 0.0997. The molecule has 10 heteroatoms. The summed E-state index contributed by atoms with van der Waals surface area (Å²) in [6, 6.07) is 10.5. The van der Waals surface area contributed by atoms with Gasteiger partial charge in [-0.2, -0.15) is 4.99 Å². The number of amides is 1. The Hall–Kier alpha value is -2.56. The van der Waals surface area contributed by atoms with Gasteiger partial charge in [0, 0.05) is 18.4 Å². The molecule has 2 aromatic carbocycles. The van der Waals surface area contributed by atoms with Gasteiger partial charge in [-0.15, -0.1) is 6.58 Å². The molecule has 0 unspecified atom stereocenters. The number of rotatable bonds is 6. The van der Waals surface area contributed by atoms with Crippen LogP contribution in [0.15, 0.2) is 69.9 Å². The van der Waals surface area contributed by atoms with Crippen LogP contribution in [0.2, 0.25) is 0 Å². The largest absolute Gasteiger partial charge is 0.312 e. The molecule has 0 atom stereocenters. The van der Waals surface area contributed by atoms with Crippen LogP contribution >= 0.6 is 11.3 Å². The first kappa shape index (κ1) is 22.1. The summed E-state index contributed by atoms with van der Waals surface area (Å²) < 4.78 is 50.3. The Bertz CT molecular complexity index is 1430. The van der Waals surface area contributed by atoms with Gasteiger partial charge in [-0.3, -0.25) is 4.79 Å². The van der Waals surface area contributed by atoms with Crippen molar-refractivity contribution in [3.63, 3.8) is 0 Å². The molecule has 0 aliphatic rings. The quantitative estimate of drug-likeness (QED) is 0.522. The predicted octanol–water partition coefficient (Wildman–Crippen LogP) is 2.83. The first-order valence-corrected chi connectivity index (χ1v) is 13.3. The maximum Gasteiger partial charge on any atom is 0.279 e. The average Bonchev–Trinajstić information content (AvgIpc) is 3.04. The topological polar surface area (TPSA) is 103 Å². The molecule has 158 valence electrons. The van der Waals surface area contributed by atoms with Gasteiger partial charge in [0.15, 0.2) is 24.5 Å². The van der Waals surface area contributed by atoms with Gasteiger partial charge in [-0.05, 0) is 36.4 Å². The monoisotopic (exact) mass is 464 g/mol. The van der Waals surface area contributed by atoms with E-state index < -0.39 is 25.6 Å². The Balaban J connectivity index is 2.15. The van der Waals surface area contributed by atoms with Gasteiger partial charge >= 0.3 is 0 Å². The van der Waals surface area contributed by atoms with E-state index in [9.17, 15) is 21.6 Å². The summed E-state index contributed by atoms with van der Waals surface area (Å²) in [5, 5.41) is 0. The highest BCUT2D eigenvalue weighted by Gasteiger charge is 2.16. The second kappa shape index (κ2) is 8.29. The minimum absolute atomic E-state index is 0.0687. The highest BCUT2D eigenvalue weighted by Crippen LogP contribution is 2.22. The zero-order chi connectivity index (χ0) is 22.1. The molecule has 0 spiro atoms. The number of nitrogens with zero attached hydrogens (tertiary/aromatic N) is 2.